The molecule has 0 amide bonds. The lowest BCUT2D eigenvalue weighted by Crippen LogP contribution is -2.32. The number of nitrogens with two attached hydrogens (primary N) is 1. The molecule has 2 unspecified atom stereocenters. The first-order chi connectivity index (χ1) is 8.90. The van der Waals surface area contributed by atoms with Gasteiger partial charge < -0.3 is 10.5 Å². The topological polar surface area (TPSA) is 81.4 Å². The Morgan fingerprint density at radius 1 is 1.53 bits per heavy atom. The summed E-state index contributed by atoms with van der Waals surface area (Å²) in [6, 6.07) is 3.36. The number of hydrogen-bond donors (Lipinski definition) is 2. The Morgan fingerprint density at radius 3 is 2.84 bits per heavy atom. The highest BCUT2D eigenvalue weighted by molar-refractivity contribution is 7.89. The van der Waals surface area contributed by atoms with Gasteiger partial charge in [0.25, 0.3) is 0 Å². The minimum Gasteiger partial charge on any atom is -0.396 e. The van der Waals surface area contributed by atoms with Crippen LogP contribution < -0.4 is 10.5 Å². The Hall–Kier alpha value is -1.18. The summed E-state index contributed by atoms with van der Waals surface area (Å²) in [7, 11) is -3.66. The molecule has 2 rings (SSSR count). The fourth-order valence-electron chi connectivity index (χ4n) is 2.03. The Morgan fingerprint density at radius 2 is 2.26 bits per heavy atom. The van der Waals surface area contributed by atoms with Crippen LogP contribution in [-0.2, 0) is 14.8 Å². The molecule has 0 bridgehead atoms. The van der Waals surface area contributed by atoms with Gasteiger partial charge in [-0.05, 0) is 31.5 Å². The smallest absolute Gasteiger partial charge is 0.240 e. The van der Waals surface area contributed by atoms with Gasteiger partial charge in [-0.1, -0.05) is 0 Å². The van der Waals surface area contributed by atoms with Crippen molar-refractivity contribution in [2.24, 2.45) is 5.92 Å². The molecule has 5 nitrogen and oxygen atoms in total. The average molecular weight is 288 g/mol. The minimum absolute atomic E-state index is 0.0297. The summed E-state index contributed by atoms with van der Waals surface area (Å²) < 4.78 is 44.9. The van der Waals surface area contributed by atoms with Gasteiger partial charge in [-0.25, -0.2) is 17.5 Å². The monoisotopic (exact) mass is 288 g/mol. The Bertz CT molecular complexity index is 562. The molecule has 0 aliphatic carbocycles. The number of ether oxygens (including phenoxy) is 1. The predicted molar refractivity (Wildman–Crippen MR) is 69.5 cm³/mol. The van der Waals surface area contributed by atoms with Crippen molar-refractivity contribution in [3.05, 3.63) is 24.0 Å². The molecule has 106 valence electrons. The summed E-state index contributed by atoms with van der Waals surface area (Å²) in [5, 5.41) is 0. The lowest BCUT2D eigenvalue weighted by molar-refractivity contribution is 0.107. The Kier molecular flexibility index (Phi) is 4.07. The maximum atomic E-state index is 13.0. The van der Waals surface area contributed by atoms with Crippen molar-refractivity contribution < 1.29 is 17.5 Å². The summed E-state index contributed by atoms with van der Waals surface area (Å²) in [5.74, 6) is -0.468. The summed E-state index contributed by atoms with van der Waals surface area (Å²) >= 11 is 0. The van der Waals surface area contributed by atoms with Gasteiger partial charge in [0, 0.05) is 19.1 Å². The number of benzene rings is 1. The number of rotatable bonds is 4. The van der Waals surface area contributed by atoms with Gasteiger partial charge in [-0.15, -0.1) is 0 Å². The van der Waals surface area contributed by atoms with Gasteiger partial charge >= 0.3 is 0 Å². The van der Waals surface area contributed by atoms with E-state index in [1.54, 1.807) is 0 Å². The summed E-state index contributed by atoms with van der Waals surface area (Å²) in [6.07, 6.45) is 0.871. The van der Waals surface area contributed by atoms with Crippen molar-refractivity contribution in [1.29, 1.82) is 0 Å². The molecule has 3 N–H and O–H groups in total. The van der Waals surface area contributed by atoms with Gasteiger partial charge in [0.05, 0.1) is 16.7 Å². The van der Waals surface area contributed by atoms with Gasteiger partial charge in [0.15, 0.2) is 0 Å². The second-order valence-corrected chi connectivity index (χ2v) is 6.43. The first-order valence-corrected chi connectivity index (χ1v) is 7.55. The van der Waals surface area contributed by atoms with E-state index in [-0.39, 0.29) is 22.6 Å². The van der Waals surface area contributed by atoms with Crippen molar-refractivity contribution in [2.45, 2.75) is 24.3 Å². The van der Waals surface area contributed by atoms with E-state index in [9.17, 15) is 12.8 Å². The highest BCUT2D eigenvalue weighted by Gasteiger charge is 2.26. The van der Waals surface area contributed by atoms with E-state index < -0.39 is 15.8 Å². The van der Waals surface area contributed by atoms with E-state index in [0.717, 1.165) is 18.6 Å². The number of nitrogen functional groups attached to an aromatic ring is 1. The largest absolute Gasteiger partial charge is 0.396 e. The molecule has 1 fully saturated rings. The van der Waals surface area contributed by atoms with Crippen LogP contribution in [0.3, 0.4) is 0 Å². The van der Waals surface area contributed by atoms with Crippen molar-refractivity contribution in [3.63, 3.8) is 0 Å². The third-order valence-corrected chi connectivity index (χ3v) is 4.77. The van der Waals surface area contributed by atoms with Crippen LogP contribution in [0.25, 0.3) is 0 Å². The van der Waals surface area contributed by atoms with E-state index in [4.69, 9.17) is 10.5 Å². The van der Waals surface area contributed by atoms with Crippen LogP contribution in [0.15, 0.2) is 23.1 Å². The van der Waals surface area contributed by atoms with Crippen molar-refractivity contribution in [3.8, 4) is 0 Å². The van der Waals surface area contributed by atoms with Crippen LogP contribution >= 0.6 is 0 Å². The first kappa shape index (κ1) is 14.2. The molecule has 1 heterocycles. The number of halogens is 1. The van der Waals surface area contributed by atoms with Gasteiger partial charge in [-0.3, -0.25) is 0 Å². The Labute approximate surface area is 112 Å². The molecule has 0 radical (unpaired) electrons. The van der Waals surface area contributed by atoms with E-state index in [1.807, 2.05) is 6.92 Å². The fraction of sp³-hybridized carbons (Fsp3) is 0.500. The molecule has 1 saturated heterocycles. The van der Waals surface area contributed by atoms with Crippen LogP contribution in [0, 0.1) is 11.7 Å². The predicted octanol–water partition coefficient (Wildman–Crippen LogP) is 1.11. The highest BCUT2D eigenvalue weighted by atomic mass is 32.2. The number of anilines is 1. The molecule has 19 heavy (non-hydrogen) atoms. The summed E-state index contributed by atoms with van der Waals surface area (Å²) in [6.45, 7) is 2.87. The average Bonchev–Trinajstić information content (AvgIpc) is 2.76. The fourth-order valence-corrected chi connectivity index (χ4v) is 3.16. The third-order valence-electron chi connectivity index (χ3n) is 3.35. The Balaban J connectivity index is 2.07. The van der Waals surface area contributed by atoms with Crippen LogP contribution in [-0.4, -0.2) is 27.7 Å². The number of hydrogen-bond acceptors (Lipinski definition) is 4. The second-order valence-electron chi connectivity index (χ2n) is 4.66. The normalized spacial score (nSPS) is 23.7. The molecule has 1 aromatic carbocycles. The van der Waals surface area contributed by atoms with E-state index in [2.05, 4.69) is 4.72 Å². The van der Waals surface area contributed by atoms with Crippen molar-refractivity contribution in [2.75, 3.05) is 18.9 Å². The molecule has 7 heteroatoms. The molecule has 0 spiro atoms. The zero-order chi connectivity index (χ0) is 14.0. The van der Waals surface area contributed by atoms with Crippen LogP contribution in [0.1, 0.15) is 13.3 Å². The standard InChI is InChI=1S/C12H17FN2O3S/c1-8-9(4-5-18-8)7-15-19(16,17)10-2-3-11(13)12(14)6-10/h2-3,6,8-9,15H,4-5,7,14H2,1H3. The molecule has 0 saturated carbocycles. The lowest BCUT2D eigenvalue weighted by atomic mass is 10.0. The zero-order valence-corrected chi connectivity index (χ0v) is 11.4. The maximum Gasteiger partial charge on any atom is 0.240 e. The van der Waals surface area contributed by atoms with Gasteiger partial charge in [0.1, 0.15) is 5.82 Å². The van der Waals surface area contributed by atoms with Crippen LogP contribution in [0.4, 0.5) is 10.1 Å². The molecule has 1 aliphatic heterocycles. The molecule has 0 aromatic heterocycles. The minimum atomic E-state index is -3.66. The summed E-state index contributed by atoms with van der Waals surface area (Å²) in [4.78, 5) is -0.0297. The van der Waals surface area contributed by atoms with Crippen molar-refractivity contribution >= 4 is 15.7 Å². The highest BCUT2D eigenvalue weighted by Crippen LogP contribution is 2.21. The first-order valence-electron chi connectivity index (χ1n) is 6.06. The molecular formula is C12H17FN2O3S. The summed E-state index contributed by atoms with van der Waals surface area (Å²) in [5.41, 5.74) is 5.19. The number of nitrogens with one attached hydrogen (secondary N) is 1. The lowest BCUT2D eigenvalue weighted by Gasteiger charge is -2.15. The van der Waals surface area contributed by atoms with Gasteiger partial charge in [-0.2, -0.15) is 0 Å². The molecule has 1 aromatic rings. The van der Waals surface area contributed by atoms with Crippen molar-refractivity contribution in [1.82, 2.24) is 4.72 Å². The van der Waals surface area contributed by atoms with Crippen LogP contribution in [0.5, 0.6) is 0 Å². The molecular weight excluding hydrogens is 271 g/mol. The number of sulfonamides is 1. The third kappa shape index (κ3) is 3.23. The zero-order valence-electron chi connectivity index (χ0n) is 10.6. The second kappa shape index (κ2) is 5.44. The molecule has 2 atom stereocenters. The maximum absolute atomic E-state index is 13.0. The van der Waals surface area contributed by atoms with Crippen LogP contribution in [0.2, 0.25) is 0 Å². The van der Waals surface area contributed by atoms with E-state index >= 15 is 0 Å². The quantitative estimate of drug-likeness (QED) is 0.813. The SMILES string of the molecule is CC1OCCC1CNS(=O)(=O)c1ccc(F)c(N)c1. The molecule has 1 aliphatic rings. The van der Waals surface area contributed by atoms with Gasteiger partial charge in [0.2, 0.25) is 10.0 Å². The van der Waals surface area contributed by atoms with E-state index in [1.165, 1.54) is 6.07 Å². The van der Waals surface area contributed by atoms with E-state index in [0.29, 0.717) is 13.2 Å².